The Morgan fingerprint density at radius 2 is 1.69 bits per heavy atom. The van der Waals surface area contributed by atoms with Crippen LogP contribution in [0, 0.1) is 10.8 Å². The van der Waals surface area contributed by atoms with Gasteiger partial charge < -0.3 is 10.2 Å². The van der Waals surface area contributed by atoms with E-state index in [0.717, 1.165) is 19.3 Å². The van der Waals surface area contributed by atoms with Gasteiger partial charge in [-0.25, -0.2) is 0 Å². The summed E-state index contributed by atoms with van der Waals surface area (Å²) in [7, 11) is 0. The molecule has 1 fully saturated rings. The molecule has 94 valence electrons. The molecule has 2 N–H and O–H groups in total. The molecule has 0 aromatic carbocycles. The van der Waals surface area contributed by atoms with Crippen molar-refractivity contribution in [2.24, 2.45) is 10.8 Å². The minimum Gasteiger partial charge on any atom is -0.481 e. The number of rotatable bonds is 2. The smallest absolute Gasteiger partial charge is 0.312 e. The summed E-state index contributed by atoms with van der Waals surface area (Å²) in [5, 5.41) is 19.8. The van der Waals surface area contributed by atoms with E-state index in [-0.39, 0.29) is 5.41 Å². The second-order valence-corrected chi connectivity index (χ2v) is 6.48. The third-order valence-corrected chi connectivity index (χ3v) is 4.36. The maximum absolute atomic E-state index is 11.2. The van der Waals surface area contributed by atoms with Crippen LogP contribution < -0.4 is 0 Å². The van der Waals surface area contributed by atoms with Crippen molar-refractivity contribution in [1.29, 1.82) is 0 Å². The van der Waals surface area contributed by atoms with Crippen molar-refractivity contribution in [2.75, 3.05) is 0 Å². The van der Waals surface area contributed by atoms with Crippen molar-refractivity contribution in [3.63, 3.8) is 0 Å². The van der Waals surface area contributed by atoms with E-state index in [0.29, 0.717) is 12.8 Å². The van der Waals surface area contributed by atoms with Crippen LogP contribution in [0.4, 0.5) is 0 Å². The number of carboxylic acid groups (broad SMARTS) is 1. The first-order valence-corrected chi connectivity index (χ1v) is 6.07. The molecular formula is C13H24O3. The minimum atomic E-state index is -1.06. The highest BCUT2D eigenvalue weighted by molar-refractivity contribution is 5.75. The van der Waals surface area contributed by atoms with Crippen LogP contribution in [0.1, 0.15) is 59.8 Å². The van der Waals surface area contributed by atoms with Gasteiger partial charge in [0.15, 0.2) is 0 Å². The van der Waals surface area contributed by atoms with Gasteiger partial charge in [-0.2, -0.15) is 0 Å². The molecular weight excluding hydrogens is 204 g/mol. The lowest BCUT2D eigenvalue weighted by Crippen LogP contribution is -2.49. The van der Waals surface area contributed by atoms with Gasteiger partial charge in [-0.1, -0.05) is 20.3 Å². The summed E-state index contributed by atoms with van der Waals surface area (Å²) in [4.78, 5) is 11.2. The molecule has 3 nitrogen and oxygen atoms in total. The molecule has 0 spiro atoms. The van der Waals surface area contributed by atoms with Crippen LogP contribution in [0.5, 0.6) is 0 Å². The van der Waals surface area contributed by atoms with E-state index < -0.39 is 17.0 Å². The predicted molar refractivity (Wildman–Crippen MR) is 63.2 cm³/mol. The van der Waals surface area contributed by atoms with Crippen LogP contribution in [0.25, 0.3) is 0 Å². The Balaban J connectivity index is 2.90. The SMILES string of the molecule is CC1(C)CCCC(O)(C(C)(C)C(=O)O)CC1. The Hall–Kier alpha value is -0.570. The maximum Gasteiger partial charge on any atom is 0.312 e. The molecule has 0 saturated heterocycles. The Morgan fingerprint density at radius 1 is 1.12 bits per heavy atom. The summed E-state index contributed by atoms with van der Waals surface area (Å²) in [6.07, 6.45) is 4.03. The van der Waals surface area contributed by atoms with E-state index in [9.17, 15) is 15.0 Å². The molecule has 0 amide bonds. The summed E-state index contributed by atoms with van der Waals surface area (Å²) < 4.78 is 0. The number of aliphatic carboxylic acids is 1. The van der Waals surface area contributed by atoms with E-state index in [4.69, 9.17) is 0 Å². The topological polar surface area (TPSA) is 57.5 Å². The molecule has 1 saturated carbocycles. The lowest BCUT2D eigenvalue weighted by molar-refractivity contribution is -0.166. The molecule has 1 rings (SSSR count). The molecule has 0 aliphatic heterocycles. The molecule has 0 bridgehead atoms. The van der Waals surface area contributed by atoms with E-state index >= 15 is 0 Å². The average Bonchev–Trinajstić information content (AvgIpc) is 2.26. The fraction of sp³-hybridized carbons (Fsp3) is 0.923. The van der Waals surface area contributed by atoms with Crippen molar-refractivity contribution in [3.8, 4) is 0 Å². The number of carboxylic acids is 1. The molecule has 0 heterocycles. The third kappa shape index (κ3) is 2.40. The lowest BCUT2D eigenvalue weighted by atomic mass is 9.70. The lowest BCUT2D eigenvalue weighted by Gasteiger charge is -2.39. The molecule has 3 heteroatoms. The monoisotopic (exact) mass is 228 g/mol. The van der Waals surface area contributed by atoms with E-state index in [1.807, 2.05) is 0 Å². The zero-order valence-electron chi connectivity index (χ0n) is 10.8. The molecule has 0 aromatic rings. The number of carbonyl (C=O) groups is 1. The summed E-state index contributed by atoms with van der Waals surface area (Å²) in [5.41, 5.74) is -1.90. The molecule has 0 radical (unpaired) electrons. The molecule has 0 aromatic heterocycles. The van der Waals surface area contributed by atoms with Crippen molar-refractivity contribution in [3.05, 3.63) is 0 Å². The van der Waals surface area contributed by atoms with Gasteiger partial charge >= 0.3 is 5.97 Å². The predicted octanol–water partition coefficient (Wildman–Crippen LogP) is 2.82. The Morgan fingerprint density at radius 3 is 2.19 bits per heavy atom. The van der Waals surface area contributed by atoms with Gasteiger partial charge in [-0.05, 0) is 44.9 Å². The van der Waals surface area contributed by atoms with Gasteiger partial charge in [-0.3, -0.25) is 4.79 Å². The molecule has 16 heavy (non-hydrogen) atoms. The van der Waals surface area contributed by atoms with E-state index in [1.165, 1.54) is 0 Å². The third-order valence-electron chi connectivity index (χ3n) is 4.36. The minimum absolute atomic E-state index is 0.221. The zero-order chi connectivity index (χ0) is 12.6. The molecule has 1 aliphatic carbocycles. The highest BCUT2D eigenvalue weighted by atomic mass is 16.4. The number of aliphatic hydroxyl groups is 1. The quantitative estimate of drug-likeness (QED) is 0.714. The van der Waals surface area contributed by atoms with Crippen LogP contribution in [0.2, 0.25) is 0 Å². The summed E-state index contributed by atoms with van der Waals surface area (Å²) in [6, 6.07) is 0. The zero-order valence-corrected chi connectivity index (χ0v) is 10.8. The summed E-state index contributed by atoms with van der Waals surface area (Å²) in [5.74, 6) is -0.908. The molecule has 1 atom stereocenters. The normalized spacial score (nSPS) is 30.8. The highest BCUT2D eigenvalue weighted by Gasteiger charge is 2.49. The Kier molecular flexibility index (Phi) is 3.39. The summed E-state index contributed by atoms with van der Waals surface area (Å²) in [6.45, 7) is 7.64. The van der Waals surface area contributed by atoms with Crippen molar-refractivity contribution < 1.29 is 15.0 Å². The first-order valence-electron chi connectivity index (χ1n) is 6.07. The van der Waals surface area contributed by atoms with Gasteiger partial charge in [0.05, 0.1) is 11.0 Å². The van der Waals surface area contributed by atoms with Crippen molar-refractivity contribution >= 4 is 5.97 Å². The Bertz CT molecular complexity index is 281. The number of hydrogen-bond acceptors (Lipinski definition) is 2. The van der Waals surface area contributed by atoms with Gasteiger partial charge in [0, 0.05) is 0 Å². The second-order valence-electron chi connectivity index (χ2n) is 6.48. The first-order chi connectivity index (χ1) is 7.11. The van der Waals surface area contributed by atoms with Crippen LogP contribution in [0.15, 0.2) is 0 Å². The van der Waals surface area contributed by atoms with Crippen LogP contribution in [-0.4, -0.2) is 21.8 Å². The molecule has 1 unspecified atom stereocenters. The van der Waals surface area contributed by atoms with Gasteiger partial charge in [0.1, 0.15) is 0 Å². The van der Waals surface area contributed by atoms with Crippen LogP contribution in [0.3, 0.4) is 0 Å². The van der Waals surface area contributed by atoms with Crippen LogP contribution in [-0.2, 0) is 4.79 Å². The van der Waals surface area contributed by atoms with Crippen molar-refractivity contribution in [2.45, 2.75) is 65.4 Å². The van der Waals surface area contributed by atoms with Gasteiger partial charge in [0.25, 0.3) is 0 Å². The van der Waals surface area contributed by atoms with Gasteiger partial charge in [-0.15, -0.1) is 0 Å². The fourth-order valence-electron chi connectivity index (χ4n) is 2.48. The Labute approximate surface area is 97.9 Å². The maximum atomic E-state index is 11.2. The fourth-order valence-corrected chi connectivity index (χ4v) is 2.48. The largest absolute Gasteiger partial charge is 0.481 e. The highest BCUT2D eigenvalue weighted by Crippen LogP contribution is 2.45. The van der Waals surface area contributed by atoms with E-state index in [2.05, 4.69) is 13.8 Å². The second kappa shape index (κ2) is 4.02. The molecule has 1 aliphatic rings. The van der Waals surface area contributed by atoms with Gasteiger partial charge in [0.2, 0.25) is 0 Å². The van der Waals surface area contributed by atoms with Crippen LogP contribution >= 0.6 is 0 Å². The standard InChI is InChI=1S/C13H24O3/c1-11(2)6-5-7-13(16,9-8-11)12(3,4)10(14)15/h16H,5-9H2,1-4H3,(H,14,15). The van der Waals surface area contributed by atoms with E-state index in [1.54, 1.807) is 13.8 Å². The van der Waals surface area contributed by atoms with Crippen molar-refractivity contribution in [1.82, 2.24) is 0 Å². The average molecular weight is 228 g/mol. The number of hydrogen-bond donors (Lipinski definition) is 2. The first kappa shape index (κ1) is 13.5. The summed E-state index contributed by atoms with van der Waals surface area (Å²) >= 11 is 0.